The van der Waals surface area contributed by atoms with Crippen molar-refractivity contribution in [3.8, 4) is 5.69 Å². The van der Waals surface area contributed by atoms with Gasteiger partial charge in [-0.15, -0.1) is 5.10 Å². The molecule has 21 heavy (non-hydrogen) atoms. The number of nitrogens with zero attached hydrogens (tertiary/aromatic N) is 3. The summed E-state index contributed by atoms with van der Waals surface area (Å²) in [5, 5.41) is 7.50. The fourth-order valence-corrected chi connectivity index (χ4v) is 2.09. The van der Waals surface area contributed by atoms with Gasteiger partial charge in [-0.1, -0.05) is 31.2 Å². The second-order valence-electron chi connectivity index (χ2n) is 4.44. The molecule has 112 valence electrons. The number of aromatic nitrogens is 3. The molecule has 0 aliphatic carbocycles. The van der Waals surface area contributed by atoms with Crippen molar-refractivity contribution >= 4 is 5.78 Å². The standard InChI is InChI=1S/C14H14F3N3O/c1-3-10-13(12(21)4-2)18-19-20(10)11-8-6-5-7-9(11)14(15,16)17/h5-8H,3-4H2,1-2H3. The Labute approximate surface area is 119 Å². The Bertz CT molecular complexity index is 662. The summed E-state index contributed by atoms with van der Waals surface area (Å²) in [4.78, 5) is 11.8. The first-order valence-electron chi connectivity index (χ1n) is 6.54. The Morgan fingerprint density at radius 2 is 1.90 bits per heavy atom. The van der Waals surface area contributed by atoms with E-state index in [1.54, 1.807) is 13.8 Å². The van der Waals surface area contributed by atoms with E-state index in [2.05, 4.69) is 10.3 Å². The summed E-state index contributed by atoms with van der Waals surface area (Å²) in [6, 6.07) is 5.11. The van der Waals surface area contributed by atoms with Gasteiger partial charge in [0.1, 0.15) is 0 Å². The van der Waals surface area contributed by atoms with Crippen molar-refractivity contribution in [2.24, 2.45) is 0 Å². The molecule has 0 aliphatic heterocycles. The zero-order valence-corrected chi connectivity index (χ0v) is 11.6. The molecular formula is C14H14F3N3O. The minimum atomic E-state index is -4.50. The number of carbonyl (C=O) groups is 1. The van der Waals surface area contributed by atoms with Crippen LogP contribution >= 0.6 is 0 Å². The molecule has 1 aromatic carbocycles. The maximum Gasteiger partial charge on any atom is 0.418 e. The molecule has 0 bridgehead atoms. The maximum atomic E-state index is 13.1. The number of ketones is 1. The normalized spacial score (nSPS) is 11.7. The number of hydrogen-bond donors (Lipinski definition) is 0. The predicted octanol–water partition coefficient (Wildman–Crippen LogP) is 3.44. The second kappa shape index (κ2) is 5.67. The third-order valence-corrected chi connectivity index (χ3v) is 3.12. The first-order valence-corrected chi connectivity index (χ1v) is 6.54. The molecule has 0 saturated heterocycles. The summed E-state index contributed by atoms with van der Waals surface area (Å²) >= 11 is 0. The average molecular weight is 297 g/mol. The topological polar surface area (TPSA) is 47.8 Å². The highest BCUT2D eigenvalue weighted by Crippen LogP contribution is 2.34. The number of hydrogen-bond acceptors (Lipinski definition) is 3. The monoisotopic (exact) mass is 297 g/mol. The highest BCUT2D eigenvalue weighted by atomic mass is 19.4. The van der Waals surface area contributed by atoms with Crippen LogP contribution in [0.3, 0.4) is 0 Å². The maximum absolute atomic E-state index is 13.1. The molecule has 2 aromatic rings. The predicted molar refractivity (Wildman–Crippen MR) is 70.4 cm³/mol. The third kappa shape index (κ3) is 2.81. The Balaban J connectivity index is 2.64. The fourth-order valence-electron chi connectivity index (χ4n) is 2.09. The number of rotatable bonds is 4. The van der Waals surface area contributed by atoms with Gasteiger partial charge in [0.15, 0.2) is 11.5 Å². The number of benzene rings is 1. The van der Waals surface area contributed by atoms with Crippen molar-refractivity contribution in [2.45, 2.75) is 32.9 Å². The van der Waals surface area contributed by atoms with Crippen molar-refractivity contribution in [3.05, 3.63) is 41.2 Å². The molecule has 7 heteroatoms. The fraction of sp³-hybridized carbons (Fsp3) is 0.357. The van der Waals surface area contributed by atoms with E-state index in [-0.39, 0.29) is 23.6 Å². The van der Waals surface area contributed by atoms with Gasteiger partial charge in [0.25, 0.3) is 0 Å². The smallest absolute Gasteiger partial charge is 0.292 e. The van der Waals surface area contributed by atoms with Gasteiger partial charge in [0, 0.05) is 6.42 Å². The van der Waals surface area contributed by atoms with Crippen LogP contribution in [-0.2, 0) is 12.6 Å². The molecule has 4 nitrogen and oxygen atoms in total. The first-order chi connectivity index (χ1) is 9.90. The number of para-hydroxylation sites is 1. The quantitative estimate of drug-likeness (QED) is 0.812. The number of Topliss-reactive ketones (excluding diaryl/α,β-unsaturated/α-hetero) is 1. The zero-order chi connectivity index (χ0) is 15.6. The molecule has 0 radical (unpaired) electrons. The summed E-state index contributed by atoms with van der Waals surface area (Å²) < 4.78 is 40.3. The molecule has 0 spiro atoms. The molecule has 0 amide bonds. The van der Waals surface area contributed by atoms with Crippen molar-refractivity contribution in [3.63, 3.8) is 0 Å². The number of alkyl halides is 3. The Morgan fingerprint density at radius 3 is 2.48 bits per heavy atom. The highest BCUT2D eigenvalue weighted by Gasteiger charge is 2.34. The van der Waals surface area contributed by atoms with Crippen LogP contribution in [0.2, 0.25) is 0 Å². The summed E-state index contributed by atoms with van der Waals surface area (Å²) in [6.07, 6.45) is -3.91. The van der Waals surface area contributed by atoms with Crippen LogP contribution in [0.1, 0.15) is 42.0 Å². The lowest BCUT2D eigenvalue weighted by Crippen LogP contribution is -2.13. The molecule has 0 unspecified atom stereocenters. The van der Waals surface area contributed by atoms with E-state index >= 15 is 0 Å². The molecule has 0 aliphatic rings. The van der Waals surface area contributed by atoms with Gasteiger partial charge < -0.3 is 0 Å². The van der Waals surface area contributed by atoms with E-state index in [4.69, 9.17) is 0 Å². The van der Waals surface area contributed by atoms with Crippen LogP contribution in [0.25, 0.3) is 5.69 Å². The Kier molecular flexibility index (Phi) is 4.11. The van der Waals surface area contributed by atoms with Crippen LogP contribution in [0, 0.1) is 0 Å². The van der Waals surface area contributed by atoms with Gasteiger partial charge in [-0.25, -0.2) is 4.68 Å². The van der Waals surface area contributed by atoms with Gasteiger partial charge in [0.05, 0.1) is 16.9 Å². The lowest BCUT2D eigenvalue weighted by molar-refractivity contribution is -0.137. The second-order valence-corrected chi connectivity index (χ2v) is 4.44. The molecule has 0 fully saturated rings. The summed E-state index contributed by atoms with van der Waals surface area (Å²) in [5.41, 5.74) is -0.403. The highest BCUT2D eigenvalue weighted by molar-refractivity contribution is 5.95. The number of halogens is 3. The van der Waals surface area contributed by atoms with Gasteiger partial charge in [0.2, 0.25) is 0 Å². The molecular weight excluding hydrogens is 283 g/mol. The van der Waals surface area contributed by atoms with Crippen LogP contribution in [0.4, 0.5) is 13.2 Å². The Hall–Kier alpha value is -2.18. The van der Waals surface area contributed by atoms with Crippen molar-refractivity contribution < 1.29 is 18.0 Å². The molecule has 0 N–H and O–H groups in total. The van der Waals surface area contributed by atoms with Crippen molar-refractivity contribution in [2.75, 3.05) is 0 Å². The molecule has 1 aromatic heterocycles. The minimum absolute atomic E-state index is 0.121. The van der Waals surface area contributed by atoms with Gasteiger partial charge in [-0.2, -0.15) is 13.2 Å². The van der Waals surface area contributed by atoms with Gasteiger partial charge >= 0.3 is 6.18 Å². The van der Waals surface area contributed by atoms with E-state index in [1.165, 1.54) is 18.2 Å². The zero-order valence-electron chi connectivity index (χ0n) is 11.6. The van der Waals surface area contributed by atoms with E-state index in [1.807, 2.05) is 0 Å². The summed E-state index contributed by atoms with van der Waals surface area (Å²) in [6.45, 7) is 3.42. The molecule has 0 atom stereocenters. The van der Waals surface area contributed by atoms with Crippen molar-refractivity contribution in [1.82, 2.24) is 15.0 Å². The SMILES string of the molecule is CCC(=O)c1nnn(-c2ccccc2C(F)(F)F)c1CC. The van der Waals surface area contributed by atoms with Crippen molar-refractivity contribution in [1.29, 1.82) is 0 Å². The lowest BCUT2D eigenvalue weighted by Gasteiger charge is -2.13. The van der Waals surface area contributed by atoms with Gasteiger partial charge in [-0.05, 0) is 18.6 Å². The van der Waals surface area contributed by atoms with Crippen LogP contribution in [-0.4, -0.2) is 20.8 Å². The largest absolute Gasteiger partial charge is 0.418 e. The minimum Gasteiger partial charge on any atom is -0.292 e. The van der Waals surface area contributed by atoms with E-state index < -0.39 is 11.7 Å². The molecule has 1 heterocycles. The lowest BCUT2D eigenvalue weighted by atomic mass is 10.1. The van der Waals surface area contributed by atoms with Crippen LogP contribution in [0.5, 0.6) is 0 Å². The number of carbonyl (C=O) groups excluding carboxylic acids is 1. The summed E-state index contributed by atoms with van der Waals surface area (Å²) in [5.74, 6) is -0.234. The molecule has 0 saturated carbocycles. The summed E-state index contributed by atoms with van der Waals surface area (Å²) in [7, 11) is 0. The van der Waals surface area contributed by atoms with Gasteiger partial charge in [-0.3, -0.25) is 4.79 Å². The average Bonchev–Trinajstić information content (AvgIpc) is 2.89. The first kappa shape index (κ1) is 15.2. The van der Waals surface area contributed by atoms with E-state index in [0.29, 0.717) is 12.1 Å². The van der Waals surface area contributed by atoms with Crippen LogP contribution in [0.15, 0.2) is 24.3 Å². The Morgan fingerprint density at radius 1 is 1.24 bits per heavy atom. The van der Waals surface area contributed by atoms with Crippen LogP contribution < -0.4 is 0 Å². The van der Waals surface area contributed by atoms with E-state index in [9.17, 15) is 18.0 Å². The van der Waals surface area contributed by atoms with E-state index in [0.717, 1.165) is 10.7 Å². The third-order valence-electron chi connectivity index (χ3n) is 3.12. The molecule has 2 rings (SSSR count).